The molecule has 0 spiro atoms. The fourth-order valence-corrected chi connectivity index (χ4v) is 4.76. The van der Waals surface area contributed by atoms with Gasteiger partial charge in [0.2, 0.25) is 0 Å². The molecule has 2 aromatic heterocycles. The largest absolute Gasteiger partial charge is 0.323 e. The third kappa shape index (κ3) is 2.48. The van der Waals surface area contributed by atoms with E-state index in [2.05, 4.69) is 36.2 Å². The van der Waals surface area contributed by atoms with Crippen molar-refractivity contribution in [2.45, 2.75) is 32.7 Å². The van der Waals surface area contributed by atoms with E-state index in [-0.39, 0.29) is 11.6 Å². The summed E-state index contributed by atoms with van der Waals surface area (Å²) in [5.41, 5.74) is 2.48. The molecule has 23 heavy (non-hydrogen) atoms. The molecule has 118 valence electrons. The maximum absolute atomic E-state index is 12.9. The molecule has 5 heteroatoms. The number of nitrogens with one attached hydrogen (secondary N) is 1. The average Bonchev–Trinajstić information content (AvgIpc) is 3.19. The monoisotopic (exact) mass is 342 g/mol. The van der Waals surface area contributed by atoms with Gasteiger partial charge in [0.25, 0.3) is 5.56 Å². The SMILES string of the molecule is Cc1sc2[nH]c(=S)n(C3CC3Cc3ccccc3)c(=O)c2c1C. The van der Waals surface area contributed by atoms with Crippen LogP contribution in [0.1, 0.15) is 28.5 Å². The van der Waals surface area contributed by atoms with Crippen molar-refractivity contribution in [1.82, 2.24) is 9.55 Å². The third-order valence-corrected chi connectivity index (χ3v) is 6.24. The van der Waals surface area contributed by atoms with Crippen LogP contribution in [0, 0.1) is 24.5 Å². The second kappa shape index (κ2) is 5.42. The van der Waals surface area contributed by atoms with Gasteiger partial charge in [0, 0.05) is 10.9 Å². The number of hydrogen-bond acceptors (Lipinski definition) is 3. The Morgan fingerprint density at radius 3 is 2.78 bits per heavy atom. The van der Waals surface area contributed by atoms with Crippen molar-refractivity contribution < 1.29 is 0 Å². The van der Waals surface area contributed by atoms with Crippen LogP contribution in [0.15, 0.2) is 35.1 Å². The molecule has 2 atom stereocenters. The van der Waals surface area contributed by atoms with Gasteiger partial charge < -0.3 is 4.98 Å². The maximum Gasteiger partial charge on any atom is 0.263 e. The van der Waals surface area contributed by atoms with E-state index >= 15 is 0 Å². The first-order valence-electron chi connectivity index (χ1n) is 7.84. The quantitative estimate of drug-likeness (QED) is 0.710. The van der Waals surface area contributed by atoms with Gasteiger partial charge in [-0.05, 0) is 56.0 Å². The lowest BCUT2D eigenvalue weighted by Gasteiger charge is -2.07. The van der Waals surface area contributed by atoms with E-state index in [0.717, 1.165) is 28.6 Å². The number of aryl methyl sites for hydroxylation is 2. The van der Waals surface area contributed by atoms with Gasteiger partial charge in [-0.2, -0.15) is 0 Å². The molecule has 0 amide bonds. The Balaban J connectivity index is 1.72. The fourth-order valence-electron chi connectivity index (χ4n) is 3.33. The van der Waals surface area contributed by atoms with E-state index in [0.29, 0.717) is 10.7 Å². The predicted molar refractivity (Wildman–Crippen MR) is 98.0 cm³/mol. The molecule has 1 aliphatic carbocycles. The van der Waals surface area contributed by atoms with Crippen LogP contribution in [0.3, 0.4) is 0 Å². The molecular weight excluding hydrogens is 324 g/mol. The minimum absolute atomic E-state index is 0.0751. The molecule has 0 aliphatic heterocycles. The average molecular weight is 342 g/mol. The normalized spacial score (nSPS) is 20.1. The number of aromatic amines is 1. The van der Waals surface area contributed by atoms with Crippen molar-refractivity contribution in [3.8, 4) is 0 Å². The topological polar surface area (TPSA) is 37.8 Å². The van der Waals surface area contributed by atoms with Gasteiger partial charge >= 0.3 is 0 Å². The van der Waals surface area contributed by atoms with Crippen LogP contribution in [-0.4, -0.2) is 9.55 Å². The zero-order valence-electron chi connectivity index (χ0n) is 13.1. The van der Waals surface area contributed by atoms with Crippen molar-refractivity contribution in [2.24, 2.45) is 5.92 Å². The molecular formula is C18H18N2OS2. The minimum Gasteiger partial charge on any atom is -0.323 e. The van der Waals surface area contributed by atoms with Crippen molar-refractivity contribution in [1.29, 1.82) is 0 Å². The van der Waals surface area contributed by atoms with Crippen LogP contribution in [0.25, 0.3) is 10.2 Å². The summed E-state index contributed by atoms with van der Waals surface area (Å²) in [5.74, 6) is 0.502. The highest BCUT2D eigenvalue weighted by molar-refractivity contribution is 7.71. The molecule has 0 radical (unpaired) electrons. The summed E-state index contributed by atoms with van der Waals surface area (Å²) in [4.78, 5) is 18.3. The fraction of sp³-hybridized carbons (Fsp3) is 0.333. The Morgan fingerprint density at radius 1 is 1.30 bits per heavy atom. The molecule has 1 saturated carbocycles. The first kappa shape index (κ1) is 14.8. The summed E-state index contributed by atoms with van der Waals surface area (Å²) in [5, 5.41) is 0.812. The highest BCUT2D eigenvalue weighted by Gasteiger charge is 2.40. The second-order valence-corrected chi connectivity index (χ2v) is 7.96. The van der Waals surface area contributed by atoms with Gasteiger partial charge in [-0.1, -0.05) is 30.3 Å². The number of rotatable bonds is 3. The maximum atomic E-state index is 12.9. The van der Waals surface area contributed by atoms with Gasteiger partial charge in [0.15, 0.2) is 4.77 Å². The van der Waals surface area contributed by atoms with E-state index < -0.39 is 0 Å². The zero-order chi connectivity index (χ0) is 16.1. The molecule has 0 saturated heterocycles. The van der Waals surface area contributed by atoms with Gasteiger partial charge in [0.1, 0.15) is 4.83 Å². The Morgan fingerprint density at radius 2 is 2.04 bits per heavy atom. The summed E-state index contributed by atoms with van der Waals surface area (Å²) in [7, 11) is 0. The first-order chi connectivity index (χ1) is 11.1. The van der Waals surface area contributed by atoms with Crippen LogP contribution >= 0.6 is 23.6 Å². The lowest BCUT2D eigenvalue weighted by molar-refractivity contribution is 0.618. The van der Waals surface area contributed by atoms with Crippen LogP contribution in [-0.2, 0) is 6.42 Å². The molecule has 1 aliphatic rings. The van der Waals surface area contributed by atoms with E-state index in [4.69, 9.17) is 12.2 Å². The van der Waals surface area contributed by atoms with E-state index in [1.54, 1.807) is 11.3 Å². The van der Waals surface area contributed by atoms with Gasteiger partial charge in [-0.15, -0.1) is 11.3 Å². The molecule has 4 rings (SSSR count). The van der Waals surface area contributed by atoms with Gasteiger partial charge in [-0.3, -0.25) is 9.36 Å². The standard InChI is InChI=1S/C18H18N2OS2/c1-10-11(2)23-16-15(10)17(21)20(18(22)19-16)14-9-13(14)8-12-6-4-3-5-7-12/h3-7,13-14H,8-9H2,1-2H3,(H,19,22). The number of H-pyrrole nitrogens is 1. The molecule has 1 N–H and O–H groups in total. The van der Waals surface area contributed by atoms with Crippen LogP contribution < -0.4 is 5.56 Å². The number of benzene rings is 1. The Hall–Kier alpha value is -1.72. The smallest absolute Gasteiger partial charge is 0.263 e. The van der Waals surface area contributed by atoms with E-state index in [9.17, 15) is 4.79 Å². The van der Waals surface area contributed by atoms with Crippen molar-refractivity contribution in [2.75, 3.05) is 0 Å². The van der Waals surface area contributed by atoms with Gasteiger partial charge in [-0.25, -0.2) is 0 Å². The number of fused-ring (bicyclic) bond motifs is 1. The molecule has 1 aromatic carbocycles. The van der Waals surface area contributed by atoms with Gasteiger partial charge in [0.05, 0.1) is 5.39 Å². The molecule has 3 nitrogen and oxygen atoms in total. The molecule has 2 heterocycles. The van der Waals surface area contributed by atoms with Crippen molar-refractivity contribution >= 4 is 33.8 Å². The third-order valence-electron chi connectivity index (χ3n) is 4.81. The molecule has 3 aromatic rings. The summed E-state index contributed by atoms with van der Waals surface area (Å²) >= 11 is 7.08. The predicted octanol–water partition coefficient (Wildman–Crippen LogP) is 4.54. The molecule has 0 bridgehead atoms. The van der Waals surface area contributed by atoms with Crippen LogP contribution in [0.4, 0.5) is 0 Å². The lowest BCUT2D eigenvalue weighted by Crippen LogP contribution is -2.22. The van der Waals surface area contributed by atoms with Crippen LogP contribution in [0.2, 0.25) is 0 Å². The molecule has 1 fully saturated rings. The second-order valence-electron chi connectivity index (χ2n) is 6.35. The summed E-state index contributed by atoms with van der Waals surface area (Å²) in [6.07, 6.45) is 2.03. The Kier molecular flexibility index (Phi) is 3.50. The van der Waals surface area contributed by atoms with E-state index in [1.165, 1.54) is 10.4 Å². The summed E-state index contributed by atoms with van der Waals surface area (Å²) < 4.78 is 2.37. The van der Waals surface area contributed by atoms with Crippen molar-refractivity contribution in [3.63, 3.8) is 0 Å². The number of thiophene rings is 1. The lowest BCUT2D eigenvalue weighted by atomic mass is 10.1. The highest BCUT2D eigenvalue weighted by atomic mass is 32.1. The van der Waals surface area contributed by atoms with Crippen molar-refractivity contribution in [3.05, 3.63) is 61.5 Å². The zero-order valence-corrected chi connectivity index (χ0v) is 14.8. The minimum atomic E-state index is 0.0751. The van der Waals surface area contributed by atoms with Crippen LogP contribution in [0.5, 0.6) is 0 Å². The molecule has 2 unspecified atom stereocenters. The number of nitrogens with zero attached hydrogens (tertiary/aromatic N) is 1. The summed E-state index contributed by atoms with van der Waals surface area (Å²) in [6.45, 7) is 4.07. The summed E-state index contributed by atoms with van der Waals surface area (Å²) in [6, 6.07) is 10.7. The number of hydrogen-bond donors (Lipinski definition) is 1. The highest BCUT2D eigenvalue weighted by Crippen LogP contribution is 2.45. The number of aromatic nitrogens is 2. The Bertz CT molecular complexity index is 998. The van der Waals surface area contributed by atoms with E-state index in [1.807, 2.05) is 17.6 Å². The first-order valence-corrected chi connectivity index (χ1v) is 9.07. The Labute approximate surface area is 143 Å².